The Morgan fingerprint density at radius 1 is 1.26 bits per heavy atom. The molecule has 4 rings (SSSR count). The number of imidazole rings is 1. The summed E-state index contributed by atoms with van der Waals surface area (Å²) in [6.45, 7) is 6.35. The average molecular weight is 370 g/mol. The highest BCUT2D eigenvalue weighted by molar-refractivity contribution is 5.79. The number of hydrogen-bond acceptors (Lipinski definition) is 6. The van der Waals surface area contributed by atoms with Gasteiger partial charge in [0.05, 0.1) is 43.9 Å². The molecular weight excluding hydrogens is 344 g/mol. The summed E-state index contributed by atoms with van der Waals surface area (Å²) in [5.41, 5.74) is 0.857. The van der Waals surface area contributed by atoms with Gasteiger partial charge in [0.25, 0.3) is 0 Å². The smallest absolute Gasteiger partial charge is 0.237 e. The number of carbonyl (C=O) groups excluding carboxylic acids is 1. The molecule has 1 atom stereocenters. The molecule has 0 bridgehead atoms. The summed E-state index contributed by atoms with van der Waals surface area (Å²) in [7, 11) is 0. The van der Waals surface area contributed by atoms with E-state index in [1.165, 1.54) is 0 Å². The molecule has 8 nitrogen and oxygen atoms in total. The maximum atomic E-state index is 12.9. The lowest BCUT2D eigenvalue weighted by atomic mass is 10.1. The lowest BCUT2D eigenvalue weighted by Gasteiger charge is -2.30. The molecule has 4 heterocycles. The number of carbonyl (C=O) groups is 1. The van der Waals surface area contributed by atoms with Crippen molar-refractivity contribution in [1.82, 2.24) is 29.3 Å². The molecule has 144 valence electrons. The molecule has 2 saturated heterocycles. The summed E-state index contributed by atoms with van der Waals surface area (Å²) in [6, 6.07) is -0.000381. The van der Waals surface area contributed by atoms with E-state index in [4.69, 9.17) is 9.72 Å². The van der Waals surface area contributed by atoms with Crippen molar-refractivity contribution in [2.75, 3.05) is 39.4 Å². The molecule has 0 radical (unpaired) electrons. The fourth-order valence-electron chi connectivity index (χ4n) is 3.87. The molecule has 2 aromatic heterocycles. The van der Waals surface area contributed by atoms with E-state index in [9.17, 15) is 4.79 Å². The van der Waals surface area contributed by atoms with Crippen LogP contribution >= 0.6 is 0 Å². The predicted molar refractivity (Wildman–Crippen MR) is 99.5 cm³/mol. The predicted octanol–water partition coefficient (Wildman–Crippen LogP) is 1.22. The number of amides is 1. The first-order valence-electron chi connectivity index (χ1n) is 9.70. The molecule has 8 heteroatoms. The molecule has 0 N–H and O–H groups in total. The lowest BCUT2D eigenvalue weighted by Crippen LogP contribution is -2.44. The largest absolute Gasteiger partial charge is 0.379 e. The van der Waals surface area contributed by atoms with Crippen LogP contribution in [0.4, 0.5) is 0 Å². The van der Waals surface area contributed by atoms with Crippen molar-refractivity contribution >= 4 is 5.91 Å². The first-order valence-corrected chi connectivity index (χ1v) is 9.70. The van der Waals surface area contributed by atoms with E-state index in [2.05, 4.69) is 21.8 Å². The second kappa shape index (κ2) is 8.14. The van der Waals surface area contributed by atoms with Crippen LogP contribution < -0.4 is 0 Å². The highest BCUT2D eigenvalue weighted by Crippen LogP contribution is 2.31. The quantitative estimate of drug-likeness (QED) is 0.788. The van der Waals surface area contributed by atoms with Crippen molar-refractivity contribution in [3.05, 3.63) is 36.3 Å². The van der Waals surface area contributed by atoms with Gasteiger partial charge in [-0.05, 0) is 12.8 Å². The number of morpholine rings is 1. The minimum Gasteiger partial charge on any atom is -0.379 e. The van der Waals surface area contributed by atoms with E-state index in [1.807, 2.05) is 15.7 Å². The summed E-state index contributed by atoms with van der Waals surface area (Å²) in [4.78, 5) is 30.6. The van der Waals surface area contributed by atoms with Gasteiger partial charge in [-0.25, -0.2) is 9.97 Å². The first kappa shape index (κ1) is 18.1. The standard InChI is InChI=1S/C19H26N6O2/c1-2-17-21-5-7-25(17)18-13-20-12-15(22-18)16-4-3-6-24(16)19(26)14-23-8-10-27-11-9-23/h5,7,12-13,16H,2-4,6,8-11,14H2,1H3. The van der Waals surface area contributed by atoms with Gasteiger partial charge < -0.3 is 9.64 Å². The molecule has 0 spiro atoms. The zero-order valence-corrected chi connectivity index (χ0v) is 15.8. The van der Waals surface area contributed by atoms with Gasteiger partial charge in [0.15, 0.2) is 5.82 Å². The van der Waals surface area contributed by atoms with E-state index >= 15 is 0 Å². The summed E-state index contributed by atoms with van der Waals surface area (Å²) in [5.74, 6) is 1.88. The number of aromatic nitrogens is 4. The van der Waals surface area contributed by atoms with Gasteiger partial charge >= 0.3 is 0 Å². The number of nitrogens with zero attached hydrogens (tertiary/aromatic N) is 6. The van der Waals surface area contributed by atoms with E-state index in [1.54, 1.807) is 18.6 Å². The molecule has 0 aliphatic carbocycles. The second-order valence-corrected chi connectivity index (χ2v) is 7.00. The number of ether oxygens (including phenoxy) is 1. The Labute approximate surface area is 159 Å². The SMILES string of the molecule is CCc1nccn1-c1cncc(C2CCCN2C(=O)CN2CCOCC2)n1. The van der Waals surface area contributed by atoms with Gasteiger partial charge in [-0.2, -0.15) is 0 Å². The van der Waals surface area contributed by atoms with Crippen LogP contribution in [0.25, 0.3) is 5.82 Å². The van der Waals surface area contributed by atoms with Gasteiger partial charge in [-0.15, -0.1) is 0 Å². The molecule has 2 fully saturated rings. The number of rotatable bonds is 5. The summed E-state index contributed by atoms with van der Waals surface area (Å²) < 4.78 is 7.34. The van der Waals surface area contributed by atoms with Crippen molar-refractivity contribution in [3.8, 4) is 5.82 Å². The molecule has 1 amide bonds. The van der Waals surface area contributed by atoms with E-state index < -0.39 is 0 Å². The molecule has 0 aromatic carbocycles. The van der Waals surface area contributed by atoms with Crippen molar-refractivity contribution in [3.63, 3.8) is 0 Å². The van der Waals surface area contributed by atoms with E-state index in [0.717, 1.165) is 56.2 Å². The zero-order chi connectivity index (χ0) is 18.6. The lowest BCUT2D eigenvalue weighted by molar-refractivity contribution is -0.134. The number of aryl methyl sites for hydroxylation is 1. The minimum atomic E-state index is -0.000381. The Morgan fingerprint density at radius 2 is 2.11 bits per heavy atom. The van der Waals surface area contributed by atoms with Gasteiger partial charge in [0.1, 0.15) is 5.82 Å². The maximum Gasteiger partial charge on any atom is 0.237 e. The van der Waals surface area contributed by atoms with Crippen molar-refractivity contribution < 1.29 is 9.53 Å². The number of hydrogen-bond donors (Lipinski definition) is 0. The van der Waals surface area contributed by atoms with Crippen LogP contribution in [-0.2, 0) is 16.0 Å². The third-order valence-corrected chi connectivity index (χ3v) is 5.30. The molecule has 2 aromatic rings. The van der Waals surface area contributed by atoms with Crippen LogP contribution in [0.1, 0.15) is 37.3 Å². The fraction of sp³-hybridized carbons (Fsp3) is 0.579. The minimum absolute atomic E-state index is 0.000381. The summed E-state index contributed by atoms with van der Waals surface area (Å²) in [6.07, 6.45) is 9.97. The molecule has 2 aliphatic heterocycles. The monoisotopic (exact) mass is 370 g/mol. The fourth-order valence-corrected chi connectivity index (χ4v) is 3.87. The highest BCUT2D eigenvalue weighted by Gasteiger charge is 2.32. The van der Waals surface area contributed by atoms with Crippen LogP contribution in [0, 0.1) is 0 Å². The van der Waals surface area contributed by atoms with Crippen LogP contribution in [0.3, 0.4) is 0 Å². The van der Waals surface area contributed by atoms with E-state index in [0.29, 0.717) is 19.8 Å². The zero-order valence-electron chi connectivity index (χ0n) is 15.8. The highest BCUT2D eigenvalue weighted by atomic mass is 16.5. The number of likely N-dealkylation sites (tertiary alicyclic amines) is 1. The third kappa shape index (κ3) is 3.86. The Balaban J connectivity index is 1.51. The molecule has 2 aliphatic rings. The van der Waals surface area contributed by atoms with Crippen molar-refractivity contribution in [1.29, 1.82) is 0 Å². The Bertz CT molecular complexity index is 786. The summed E-state index contributed by atoms with van der Waals surface area (Å²) in [5, 5.41) is 0. The van der Waals surface area contributed by atoms with Crippen molar-refractivity contribution in [2.45, 2.75) is 32.2 Å². The van der Waals surface area contributed by atoms with Crippen LogP contribution in [-0.4, -0.2) is 74.6 Å². The van der Waals surface area contributed by atoms with Crippen LogP contribution in [0.2, 0.25) is 0 Å². The van der Waals surface area contributed by atoms with Gasteiger partial charge in [0, 0.05) is 38.4 Å². The molecular formula is C19H26N6O2. The second-order valence-electron chi connectivity index (χ2n) is 7.00. The third-order valence-electron chi connectivity index (χ3n) is 5.30. The van der Waals surface area contributed by atoms with Gasteiger partial charge in [-0.1, -0.05) is 6.92 Å². The first-order chi connectivity index (χ1) is 13.3. The Morgan fingerprint density at radius 3 is 2.93 bits per heavy atom. The van der Waals surface area contributed by atoms with Gasteiger partial charge in [-0.3, -0.25) is 19.2 Å². The maximum absolute atomic E-state index is 12.9. The average Bonchev–Trinajstić information content (AvgIpc) is 3.38. The topological polar surface area (TPSA) is 76.4 Å². The normalized spacial score (nSPS) is 20.9. The van der Waals surface area contributed by atoms with Gasteiger partial charge in [0.2, 0.25) is 5.91 Å². The molecule has 0 saturated carbocycles. The molecule has 27 heavy (non-hydrogen) atoms. The van der Waals surface area contributed by atoms with Crippen molar-refractivity contribution in [2.24, 2.45) is 0 Å². The molecule has 1 unspecified atom stereocenters. The Kier molecular flexibility index (Phi) is 5.45. The summed E-state index contributed by atoms with van der Waals surface area (Å²) >= 11 is 0. The van der Waals surface area contributed by atoms with Crippen LogP contribution in [0.15, 0.2) is 24.8 Å². The van der Waals surface area contributed by atoms with Crippen LogP contribution in [0.5, 0.6) is 0 Å². The Hall–Kier alpha value is -2.32. The van der Waals surface area contributed by atoms with E-state index in [-0.39, 0.29) is 11.9 Å².